The Morgan fingerprint density at radius 2 is 2.25 bits per heavy atom. The number of ether oxygens (including phenoxy) is 2. The number of nitrogens with one attached hydrogen (secondary N) is 1. The lowest BCUT2D eigenvalue weighted by atomic mass is 10.1. The van der Waals surface area contributed by atoms with Gasteiger partial charge >= 0.3 is 0 Å². The third-order valence-electron chi connectivity index (χ3n) is 2.35. The van der Waals surface area contributed by atoms with E-state index in [-0.39, 0.29) is 6.04 Å². The summed E-state index contributed by atoms with van der Waals surface area (Å²) in [5.41, 5.74) is 1.09. The number of hydrogen-bond acceptors (Lipinski definition) is 4. The Morgan fingerprint density at radius 1 is 1.44 bits per heavy atom. The van der Waals surface area contributed by atoms with E-state index in [0.29, 0.717) is 6.61 Å². The van der Waals surface area contributed by atoms with Crippen molar-refractivity contribution >= 4 is 0 Å². The van der Waals surface area contributed by atoms with Crippen molar-refractivity contribution in [3.05, 3.63) is 24.0 Å². The first-order valence-electron chi connectivity index (χ1n) is 5.62. The summed E-state index contributed by atoms with van der Waals surface area (Å²) in [6.07, 6.45) is 3.50. The highest BCUT2D eigenvalue weighted by Gasteiger charge is 2.14. The van der Waals surface area contributed by atoms with Crippen molar-refractivity contribution in [3.8, 4) is 5.75 Å². The molecule has 4 nitrogen and oxygen atoms in total. The van der Waals surface area contributed by atoms with Crippen LogP contribution < -0.4 is 10.1 Å². The van der Waals surface area contributed by atoms with Crippen LogP contribution in [0.25, 0.3) is 0 Å². The molecule has 1 unspecified atom stereocenters. The second kappa shape index (κ2) is 7.19. The van der Waals surface area contributed by atoms with Crippen molar-refractivity contribution in [1.82, 2.24) is 10.3 Å². The minimum absolute atomic E-state index is 0.155. The number of aromatic nitrogens is 1. The Kier molecular flexibility index (Phi) is 5.82. The van der Waals surface area contributed by atoms with Gasteiger partial charge in [0, 0.05) is 18.4 Å². The molecular formula is C12H20N2O2. The molecule has 16 heavy (non-hydrogen) atoms. The summed E-state index contributed by atoms with van der Waals surface area (Å²) in [4.78, 5) is 4.05. The molecule has 0 saturated carbocycles. The Balaban J connectivity index is 2.81. The van der Waals surface area contributed by atoms with Crippen LogP contribution in [0.4, 0.5) is 0 Å². The molecule has 0 aliphatic rings. The molecular weight excluding hydrogens is 204 g/mol. The van der Waals surface area contributed by atoms with Crippen molar-refractivity contribution < 1.29 is 9.47 Å². The first-order chi connectivity index (χ1) is 7.83. The van der Waals surface area contributed by atoms with E-state index >= 15 is 0 Å². The minimum Gasteiger partial charge on any atom is -0.495 e. The molecule has 0 amide bonds. The zero-order valence-electron chi connectivity index (χ0n) is 10.2. The fourth-order valence-electron chi connectivity index (χ4n) is 1.59. The van der Waals surface area contributed by atoms with Gasteiger partial charge < -0.3 is 14.8 Å². The standard InChI is InChI=1S/C12H20N2O2/c1-4-14-11(9-16-5-2)10-6-7-13-8-12(10)15-3/h6-8,11,14H,4-5,9H2,1-3H3. The highest BCUT2D eigenvalue weighted by atomic mass is 16.5. The molecule has 0 aliphatic carbocycles. The van der Waals surface area contributed by atoms with Gasteiger partial charge in [-0.1, -0.05) is 6.92 Å². The average molecular weight is 224 g/mol. The van der Waals surface area contributed by atoms with Crippen LogP contribution in [0.5, 0.6) is 5.75 Å². The van der Waals surface area contributed by atoms with Crippen LogP contribution in [0.15, 0.2) is 18.5 Å². The van der Waals surface area contributed by atoms with Crippen molar-refractivity contribution in [3.63, 3.8) is 0 Å². The molecule has 1 rings (SSSR count). The van der Waals surface area contributed by atoms with Gasteiger partial charge in [0.05, 0.1) is 26.0 Å². The van der Waals surface area contributed by atoms with Crippen LogP contribution in [-0.2, 0) is 4.74 Å². The van der Waals surface area contributed by atoms with Crippen LogP contribution in [-0.4, -0.2) is 31.9 Å². The summed E-state index contributed by atoms with van der Waals surface area (Å²) >= 11 is 0. The summed E-state index contributed by atoms with van der Waals surface area (Å²) in [5.74, 6) is 0.799. The van der Waals surface area contributed by atoms with Gasteiger partial charge in [-0.3, -0.25) is 4.98 Å². The quantitative estimate of drug-likeness (QED) is 0.766. The van der Waals surface area contributed by atoms with E-state index in [4.69, 9.17) is 9.47 Å². The normalized spacial score (nSPS) is 12.4. The monoisotopic (exact) mass is 224 g/mol. The number of nitrogens with zero attached hydrogens (tertiary/aromatic N) is 1. The Bertz CT molecular complexity index is 305. The van der Waals surface area contributed by atoms with Crippen molar-refractivity contribution in [1.29, 1.82) is 0 Å². The zero-order chi connectivity index (χ0) is 11.8. The van der Waals surface area contributed by atoms with Gasteiger partial charge in [0.25, 0.3) is 0 Å². The van der Waals surface area contributed by atoms with Crippen molar-refractivity contribution in [2.45, 2.75) is 19.9 Å². The third-order valence-corrected chi connectivity index (χ3v) is 2.35. The number of rotatable bonds is 7. The smallest absolute Gasteiger partial charge is 0.142 e. The summed E-state index contributed by atoms with van der Waals surface area (Å²) in [6, 6.07) is 2.12. The number of methoxy groups -OCH3 is 1. The molecule has 0 aromatic carbocycles. The lowest BCUT2D eigenvalue weighted by molar-refractivity contribution is 0.122. The largest absolute Gasteiger partial charge is 0.495 e. The average Bonchev–Trinajstić information content (AvgIpc) is 2.34. The molecule has 90 valence electrons. The van der Waals surface area contributed by atoms with Crippen molar-refractivity contribution in [2.75, 3.05) is 26.9 Å². The highest BCUT2D eigenvalue weighted by Crippen LogP contribution is 2.23. The van der Waals surface area contributed by atoms with E-state index in [9.17, 15) is 0 Å². The minimum atomic E-state index is 0.155. The second-order valence-electron chi connectivity index (χ2n) is 3.39. The Hall–Kier alpha value is -1.13. The maximum Gasteiger partial charge on any atom is 0.142 e. The molecule has 1 atom stereocenters. The molecule has 0 radical (unpaired) electrons. The summed E-state index contributed by atoms with van der Waals surface area (Å²) in [5, 5.41) is 3.38. The zero-order valence-corrected chi connectivity index (χ0v) is 10.2. The van der Waals surface area contributed by atoms with Crippen LogP contribution >= 0.6 is 0 Å². The molecule has 0 spiro atoms. The maximum atomic E-state index is 5.46. The molecule has 0 fully saturated rings. The molecule has 0 aliphatic heterocycles. The number of hydrogen-bond donors (Lipinski definition) is 1. The van der Waals surface area contributed by atoms with Crippen LogP contribution in [0.1, 0.15) is 25.5 Å². The SMILES string of the molecule is CCNC(COCC)c1ccncc1OC. The van der Waals surface area contributed by atoms with Gasteiger partial charge in [-0.2, -0.15) is 0 Å². The molecule has 0 saturated heterocycles. The predicted molar refractivity (Wildman–Crippen MR) is 63.7 cm³/mol. The van der Waals surface area contributed by atoms with Gasteiger partial charge in [0.2, 0.25) is 0 Å². The molecule has 1 N–H and O–H groups in total. The molecule has 1 heterocycles. The van der Waals surface area contributed by atoms with Crippen LogP contribution in [0, 0.1) is 0 Å². The van der Waals surface area contributed by atoms with Gasteiger partial charge in [-0.05, 0) is 19.5 Å². The van der Waals surface area contributed by atoms with E-state index in [1.54, 1.807) is 19.5 Å². The fraction of sp³-hybridized carbons (Fsp3) is 0.583. The van der Waals surface area contributed by atoms with E-state index in [0.717, 1.165) is 24.5 Å². The van der Waals surface area contributed by atoms with Gasteiger partial charge in [-0.25, -0.2) is 0 Å². The summed E-state index contributed by atoms with van der Waals surface area (Å²) in [7, 11) is 1.66. The lowest BCUT2D eigenvalue weighted by Gasteiger charge is -2.20. The van der Waals surface area contributed by atoms with E-state index < -0.39 is 0 Å². The third kappa shape index (κ3) is 3.47. The van der Waals surface area contributed by atoms with Gasteiger partial charge in [0.15, 0.2) is 0 Å². The van der Waals surface area contributed by atoms with Gasteiger partial charge in [0.1, 0.15) is 5.75 Å². The van der Waals surface area contributed by atoms with Crippen LogP contribution in [0.3, 0.4) is 0 Å². The van der Waals surface area contributed by atoms with Gasteiger partial charge in [-0.15, -0.1) is 0 Å². The Labute approximate surface area is 97.0 Å². The lowest BCUT2D eigenvalue weighted by Crippen LogP contribution is -2.25. The van der Waals surface area contributed by atoms with Crippen molar-refractivity contribution in [2.24, 2.45) is 0 Å². The van der Waals surface area contributed by atoms with E-state index in [1.807, 2.05) is 13.0 Å². The summed E-state index contributed by atoms with van der Waals surface area (Å²) in [6.45, 7) is 6.32. The molecule has 4 heteroatoms. The highest BCUT2D eigenvalue weighted by molar-refractivity contribution is 5.32. The first-order valence-corrected chi connectivity index (χ1v) is 5.62. The maximum absolute atomic E-state index is 5.46. The number of likely N-dealkylation sites (N-methyl/N-ethyl adjacent to an activating group) is 1. The first kappa shape index (κ1) is 12.9. The molecule has 0 bridgehead atoms. The topological polar surface area (TPSA) is 43.4 Å². The molecule has 1 aromatic heterocycles. The number of pyridine rings is 1. The van der Waals surface area contributed by atoms with E-state index in [2.05, 4.69) is 17.2 Å². The van der Waals surface area contributed by atoms with E-state index in [1.165, 1.54) is 0 Å². The fourth-order valence-corrected chi connectivity index (χ4v) is 1.59. The predicted octanol–water partition coefficient (Wildman–Crippen LogP) is 1.78. The Morgan fingerprint density at radius 3 is 2.88 bits per heavy atom. The summed E-state index contributed by atoms with van der Waals surface area (Å²) < 4.78 is 10.8. The molecule has 1 aromatic rings. The second-order valence-corrected chi connectivity index (χ2v) is 3.39. The van der Waals surface area contributed by atoms with Crippen LogP contribution in [0.2, 0.25) is 0 Å².